The Balaban J connectivity index is 1.86. The van der Waals surface area contributed by atoms with E-state index in [1.54, 1.807) is 6.26 Å². The minimum Gasteiger partial charge on any atom is -0.481 e. The van der Waals surface area contributed by atoms with E-state index in [-0.39, 0.29) is 6.42 Å². The van der Waals surface area contributed by atoms with E-state index >= 15 is 0 Å². The SMILES string of the molecule is Cc1ccc(CCc2nc(CCC(=O)O)co2)cc1. The molecule has 0 radical (unpaired) electrons. The van der Waals surface area contributed by atoms with E-state index in [4.69, 9.17) is 9.52 Å². The minimum absolute atomic E-state index is 0.0872. The highest BCUT2D eigenvalue weighted by atomic mass is 16.4. The van der Waals surface area contributed by atoms with Crippen molar-refractivity contribution in [2.45, 2.75) is 32.6 Å². The predicted molar refractivity (Wildman–Crippen MR) is 71.0 cm³/mol. The van der Waals surface area contributed by atoms with Gasteiger partial charge in [-0.1, -0.05) is 29.8 Å². The summed E-state index contributed by atoms with van der Waals surface area (Å²) >= 11 is 0. The first-order chi connectivity index (χ1) is 9.13. The lowest BCUT2D eigenvalue weighted by Crippen LogP contribution is -1.98. The lowest BCUT2D eigenvalue weighted by atomic mass is 10.1. The molecule has 100 valence electrons. The van der Waals surface area contributed by atoms with Crippen molar-refractivity contribution in [3.8, 4) is 0 Å². The number of rotatable bonds is 6. The number of aryl methyl sites for hydroxylation is 4. The molecule has 0 unspecified atom stereocenters. The average Bonchev–Trinajstić information content (AvgIpc) is 2.84. The van der Waals surface area contributed by atoms with Gasteiger partial charge >= 0.3 is 5.97 Å². The highest BCUT2D eigenvalue weighted by Gasteiger charge is 2.06. The molecule has 0 bridgehead atoms. The molecular weight excluding hydrogens is 242 g/mol. The molecule has 0 amide bonds. The van der Waals surface area contributed by atoms with Gasteiger partial charge in [0.15, 0.2) is 5.89 Å². The monoisotopic (exact) mass is 259 g/mol. The molecule has 0 saturated heterocycles. The van der Waals surface area contributed by atoms with E-state index in [0.29, 0.717) is 18.0 Å². The number of oxazole rings is 1. The Morgan fingerprint density at radius 1 is 1.21 bits per heavy atom. The number of aliphatic carboxylic acids is 1. The molecule has 0 aliphatic heterocycles. The zero-order chi connectivity index (χ0) is 13.7. The molecule has 0 atom stereocenters. The van der Waals surface area contributed by atoms with Crippen LogP contribution in [0, 0.1) is 6.92 Å². The molecule has 0 fully saturated rings. The second-order valence-electron chi connectivity index (χ2n) is 4.61. The summed E-state index contributed by atoms with van der Waals surface area (Å²) in [6.07, 6.45) is 3.66. The van der Waals surface area contributed by atoms with Gasteiger partial charge in [-0.05, 0) is 18.9 Å². The molecule has 4 heteroatoms. The molecule has 2 aromatic rings. The van der Waals surface area contributed by atoms with Crippen LogP contribution in [0.25, 0.3) is 0 Å². The molecule has 0 aliphatic carbocycles. The van der Waals surface area contributed by atoms with Gasteiger partial charge in [-0.3, -0.25) is 4.79 Å². The van der Waals surface area contributed by atoms with E-state index < -0.39 is 5.97 Å². The van der Waals surface area contributed by atoms with Crippen LogP contribution in [0.5, 0.6) is 0 Å². The first-order valence-electron chi connectivity index (χ1n) is 6.34. The van der Waals surface area contributed by atoms with Crippen molar-refractivity contribution < 1.29 is 14.3 Å². The Bertz CT molecular complexity index is 543. The number of hydrogen-bond acceptors (Lipinski definition) is 3. The van der Waals surface area contributed by atoms with Gasteiger partial charge < -0.3 is 9.52 Å². The van der Waals surface area contributed by atoms with E-state index in [9.17, 15) is 4.79 Å². The topological polar surface area (TPSA) is 63.3 Å². The number of hydrogen-bond donors (Lipinski definition) is 1. The van der Waals surface area contributed by atoms with Crippen molar-refractivity contribution in [1.82, 2.24) is 4.98 Å². The van der Waals surface area contributed by atoms with Gasteiger partial charge in [-0.15, -0.1) is 0 Å². The number of nitrogens with zero attached hydrogens (tertiary/aromatic N) is 1. The number of carboxylic acids is 1. The summed E-state index contributed by atoms with van der Waals surface area (Å²) in [7, 11) is 0. The maximum atomic E-state index is 10.5. The van der Waals surface area contributed by atoms with Crippen LogP contribution in [-0.2, 0) is 24.1 Å². The smallest absolute Gasteiger partial charge is 0.303 e. The van der Waals surface area contributed by atoms with Crippen LogP contribution < -0.4 is 0 Å². The summed E-state index contributed by atoms with van der Waals surface area (Å²) in [5, 5.41) is 8.60. The van der Waals surface area contributed by atoms with Crippen LogP contribution in [0.1, 0.15) is 29.1 Å². The van der Waals surface area contributed by atoms with Crippen LogP contribution >= 0.6 is 0 Å². The fourth-order valence-electron chi connectivity index (χ4n) is 1.82. The van der Waals surface area contributed by atoms with Crippen molar-refractivity contribution in [1.29, 1.82) is 0 Å². The fraction of sp³-hybridized carbons (Fsp3) is 0.333. The molecule has 1 aromatic carbocycles. The van der Waals surface area contributed by atoms with Crippen LogP contribution in [-0.4, -0.2) is 16.1 Å². The predicted octanol–water partition coefficient (Wildman–Crippen LogP) is 2.79. The summed E-state index contributed by atoms with van der Waals surface area (Å²) in [4.78, 5) is 14.7. The van der Waals surface area contributed by atoms with Crippen molar-refractivity contribution in [2.75, 3.05) is 0 Å². The Kier molecular flexibility index (Phi) is 4.34. The van der Waals surface area contributed by atoms with E-state index in [1.807, 2.05) is 0 Å². The molecule has 19 heavy (non-hydrogen) atoms. The quantitative estimate of drug-likeness (QED) is 0.866. The highest BCUT2D eigenvalue weighted by molar-refractivity contribution is 5.66. The Hall–Kier alpha value is -2.10. The molecular formula is C15H17NO3. The third-order valence-electron chi connectivity index (χ3n) is 2.94. The zero-order valence-electron chi connectivity index (χ0n) is 10.9. The van der Waals surface area contributed by atoms with E-state index in [1.165, 1.54) is 11.1 Å². The van der Waals surface area contributed by atoms with Crippen molar-refractivity contribution in [3.63, 3.8) is 0 Å². The Morgan fingerprint density at radius 3 is 2.63 bits per heavy atom. The number of carbonyl (C=O) groups is 1. The largest absolute Gasteiger partial charge is 0.481 e. The zero-order valence-corrected chi connectivity index (χ0v) is 10.9. The Labute approximate surface area is 112 Å². The summed E-state index contributed by atoms with van der Waals surface area (Å²) in [6.45, 7) is 2.06. The molecule has 1 aromatic heterocycles. The van der Waals surface area contributed by atoms with Gasteiger partial charge in [-0.25, -0.2) is 4.98 Å². The molecule has 1 heterocycles. The third-order valence-corrected chi connectivity index (χ3v) is 2.94. The summed E-state index contributed by atoms with van der Waals surface area (Å²) < 4.78 is 5.34. The van der Waals surface area contributed by atoms with Crippen LogP contribution in [0.3, 0.4) is 0 Å². The van der Waals surface area contributed by atoms with Crippen molar-refractivity contribution in [3.05, 3.63) is 53.2 Å². The maximum Gasteiger partial charge on any atom is 0.303 e. The van der Waals surface area contributed by atoms with Crippen molar-refractivity contribution >= 4 is 5.97 Å². The van der Waals surface area contributed by atoms with Crippen LogP contribution in [0.4, 0.5) is 0 Å². The van der Waals surface area contributed by atoms with E-state index in [2.05, 4.69) is 36.2 Å². The average molecular weight is 259 g/mol. The van der Waals surface area contributed by atoms with Crippen LogP contribution in [0.15, 0.2) is 34.9 Å². The third kappa shape index (κ3) is 4.25. The van der Waals surface area contributed by atoms with Gasteiger partial charge in [-0.2, -0.15) is 0 Å². The second kappa shape index (κ2) is 6.18. The maximum absolute atomic E-state index is 10.5. The molecule has 4 nitrogen and oxygen atoms in total. The van der Waals surface area contributed by atoms with E-state index in [0.717, 1.165) is 12.8 Å². The van der Waals surface area contributed by atoms with Crippen molar-refractivity contribution in [2.24, 2.45) is 0 Å². The summed E-state index contributed by atoms with van der Waals surface area (Å²) in [5.74, 6) is -0.148. The minimum atomic E-state index is -0.816. The lowest BCUT2D eigenvalue weighted by Gasteiger charge is -1.99. The lowest BCUT2D eigenvalue weighted by molar-refractivity contribution is -0.136. The summed E-state index contributed by atoms with van der Waals surface area (Å²) in [5.41, 5.74) is 3.20. The first kappa shape index (κ1) is 13.3. The molecule has 1 N–H and O–H groups in total. The summed E-state index contributed by atoms with van der Waals surface area (Å²) in [6, 6.07) is 8.37. The standard InChI is InChI=1S/C15H17NO3/c1-11-2-4-12(5-3-11)6-8-14-16-13(10-19-14)7-9-15(17)18/h2-5,10H,6-9H2,1H3,(H,17,18). The number of benzene rings is 1. The van der Waals surface area contributed by atoms with Gasteiger partial charge in [0.2, 0.25) is 0 Å². The molecule has 0 aliphatic rings. The normalized spacial score (nSPS) is 10.6. The Morgan fingerprint density at radius 2 is 1.95 bits per heavy atom. The molecule has 0 spiro atoms. The molecule has 2 rings (SSSR count). The first-order valence-corrected chi connectivity index (χ1v) is 6.34. The number of carboxylic acid groups (broad SMARTS) is 1. The van der Waals surface area contributed by atoms with Crippen LogP contribution in [0.2, 0.25) is 0 Å². The van der Waals surface area contributed by atoms with Gasteiger partial charge in [0.05, 0.1) is 12.1 Å². The van der Waals surface area contributed by atoms with Gasteiger partial charge in [0.25, 0.3) is 0 Å². The molecule has 0 saturated carbocycles. The highest BCUT2D eigenvalue weighted by Crippen LogP contribution is 2.10. The van der Waals surface area contributed by atoms with Gasteiger partial charge in [0.1, 0.15) is 6.26 Å². The fourth-order valence-corrected chi connectivity index (χ4v) is 1.82. The second-order valence-corrected chi connectivity index (χ2v) is 4.61. The number of aromatic nitrogens is 1. The van der Waals surface area contributed by atoms with Gasteiger partial charge in [0, 0.05) is 12.8 Å².